The van der Waals surface area contributed by atoms with Crippen molar-refractivity contribution in [3.63, 3.8) is 0 Å². The van der Waals surface area contributed by atoms with Crippen LogP contribution in [0.25, 0.3) is 16.7 Å². The Labute approximate surface area is 216 Å². The highest BCUT2D eigenvalue weighted by Crippen LogP contribution is 2.35. The number of nitrogens with one attached hydrogen (secondary N) is 1. The van der Waals surface area contributed by atoms with Crippen molar-refractivity contribution in [2.24, 2.45) is 5.92 Å². The van der Waals surface area contributed by atoms with Gasteiger partial charge in [0.2, 0.25) is 0 Å². The number of fused-ring (bicyclic) bond motifs is 2. The van der Waals surface area contributed by atoms with Crippen molar-refractivity contribution in [1.82, 2.24) is 19.7 Å². The van der Waals surface area contributed by atoms with Gasteiger partial charge in [-0.05, 0) is 74.9 Å². The molecule has 0 unspecified atom stereocenters. The number of aliphatic hydroxyl groups is 1. The first-order chi connectivity index (χ1) is 17.9. The van der Waals surface area contributed by atoms with E-state index in [4.69, 9.17) is 0 Å². The van der Waals surface area contributed by atoms with Crippen molar-refractivity contribution in [3.8, 4) is 11.9 Å². The van der Waals surface area contributed by atoms with Gasteiger partial charge in [-0.25, -0.2) is 14.6 Å². The van der Waals surface area contributed by atoms with Gasteiger partial charge >= 0.3 is 0 Å². The number of hydrogen-bond donors (Lipinski definition) is 2. The number of benzene rings is 2. The maximum atomic E-state index is 10.4. The minimum atomic E-state index is -0.707. The van der Waals surface area contributed by atoms with Crippen LogP contribution in [0.5, 0.6) is 0 Å². The second kappa shape index (κ2) is 9.16. The molecule has 2 N–H and O–H groups in total. The van der Waals surface area contributed by atoms with E-state index in [0.29, 0.717) is 5.82 Å². The molecule has 8 heteroatoms. The van der Waals surface area contributed by atoms with Crippen LogP contribution in [0.3, 0.4) is 0 Å². The molecule has 0 bridgehead atoms. The first-order valence-electron chi connectivity index (χ1n) is 13.0. The van der Waals surface area contributed by atoms with Crippen LogP contribution in [0.15, 0.2) is 55.0 Å². The van der Waals surface area contributed by atoms with Crippen molar-refractivity contribution in [2.45, 2.75) is 51.2 Å². The summed E-state index contributed by atoms with van der Waals surface area (Å²) in [6.07, 6.45) is 7.41. The summed E-state index contributed by atoms with van der Waals surface area (Å²) in [5.41, 5.74) is 4.44. The SMILES string of the molecule is CC(C)(O)[C@@H]1CCN(c2cc(-n3ncc4ccc(N[C@@H]5CCCc6c(C#N)cccc65)cc43)ncn2)C1. The van der Waals surface area contributed by atoms with E-state index in [1.165, 1.54) is 11.1 Å². The third-order valence-electron chi connectivity index (χ3n) is 7.91. The number of anilines is 2. The van der Waals surface area contributed by atoms with E-state index in [1.54, 1.807) is 6.33 Å². The van der Waals surface area contributed by atoms with E-state index in [9.17, 15) is 10.4 Å². The summed E-state index contributed by atoms with van der Waals surface area (Å²) < 4.78 is 1.86. The standard InChI is InChI=1S/C29H31N7O/c1-29(2,37)21-11-12-35(17-21)27-14-28(32-18-31-27)36-26-13-22(10-9-20(26)16-33-36)34-25-8-4-6-23-19(15-30)5-3-7-24(23)25/h3,5,7,9-10,13-14,16,18,21,25,34,37H,4,6,8,11-12,17H2,1-2H3/t21-,25-/m1/s1. The Kier molecular flexibility index (Phi) is 5.81. The van der Waals surface area contributed by atoms with E-state index in [-0.39, 0.29) is 12.0 Å². The average Bonchev–Trinajstić information content (AvgIpc) is 3.56. The number of rotatable bonds is 5. The summed E-state index contributed by atoms with van der Waals surface area (Å²) in [5, 5.41) is 29.4. The normalized spacial score (nSPS) is 19.6. The smallest absolute Gasteiger partial charge is 0.159 e. The number of nitriles is 1. The first kappa shape index (κ1) is 23.4. The molecule has 1 aliphatic carbocycles. The van der Waals surface area contributed by atoms with Gasteiger partial charge in [-0.2, -0.15) is 10.4 Å². The molecule has 0 spiro atoms. The highest BCUT2D eigenvalue weighted by molar-refractivity contribution is 5.83. The molecule has 6 rings (SSSR count). The molecule has 37 heavy (non-hydrogen) atoms. The molecule has 1 fully saturated rings. The van der Waals surface area contributed by atoms with E-state index < -0.39 is 5.60 Å². The Hall–Kier alpha value is -3.96. The van der Waals surface area contributed by atoms with Gasteiger partial charge < -0.3 is 15.3 Å². The quantitative estimate of drug-likeness (QED) is 0.413. The molecule has 2 aromatic carbocycles. The summed E-state index contributed by atoms with van der Waals surface area (Å²) in [6.45, 7) is 5.38. The van der Waals surface area contributed by atoms with Crippen LogP contribution in [0.4, 0.5) is 11.5 Å². The molecule has 0 amide bonds. The fourth-order valence-corrected chi connectivity index (χ4v) is 5.77. The molecule has 3 heterocycles. The van der Waals surface area contributed by atoms with Crippen molar-refractivity contribution < 1.29 is 5.11 Å². The predicted octanol–water partition coefficient (Wildman–Crippen LogP) is 4.77. The third-order valence-corrected chi connectivity index (χ3v) is 7.91. The summed E-state index contributed by atoms with van der Waals surface area (Å²) in [6, 6.07) is 16.8. The Bertz CT molecular complexity index is 1500. The largest absolute Gasteiger partial charge is 0.390 e. The highest BCUT2D eigenvalue weighted by Gasteiger charge is 2.34. The summed E-state index contributed by atoms with van der Waals surface area (Å²) in [5.74, 6) is 1.77. The minimum absolute atomic E-state index is 0.162. The molecule has 1 saturated heterocycles. The number of aromatic nitrogens is 4. The molecular weight excluding hydrogens is 462 g/mol. The Morgan fingerprint density at radius 1 is 1.11 bits per heavy atom. The van der Waals surface area contributed by atoms with Crippen LogP contribution >= 0.6 is 0 Å². The summed E-state index contributed by atoms with van der Waals surface area (Å²) >= 11 is 0. The van der Waals surface area contributed by atoms with E-state index in [0.717, 1.165) is 66.7 Å². The predicted molar refractivity (Wildman–Crippen MR) is 144 cm³/mol. The average molecular weight is 494 g/mol. The molecule has 4 aromatic rings. The summed E-state index contributed by atoms with van der Waals surface area (Å²) in [7, 11) is 0. The van der Waals surface area contributed by atoms with E-state index in [2.05, 4.69) is 55.6 Å². The lowest BCUT2D eigenvalue weighted by molar-refractivity contribution is 0.0263. The molecule has 188 valence electrons. The van der Waals surface area contributed by atoms with E-state index in [1.807, 2.05) is 42.9 Å². The highest BCUT2D eigenvalue weighted by atomic mass is 16.3. The van der Waals surface area contributed by atoms with Crippen LogP contribution in [-0.2, 0) is 6.42 Å². The van der Waals surface area contributed by atoms with Gasteiger partial charge in [0.25, 0.3) is 0 Å². The van der Waals surface area contributed by atoms with Crippen molar-refractivity contribution in [2.75, 3.05) is 23.3 Å². The third kappa shape index (κ3) is 4.40. The molecule has 0 radical (unpaired) electrons. The van der Waals surface area contributed by atoms with E-state index >= 15 is 0 Å². The van der Waals surface area contributed by atoms with Gasteiger partial charge in [0.1, 0.15) is 12.1 Å². The molecule has 2 atom stereocenters. The molecule has 2 aliphatic rings. The maximum absolute atomic E-state index is 10.4. The van der Waals surface area contributed by atoms with Crippen molar-refractivity contribution in [1.29, 1.82) is 5.26 Å². The zero-order valence-corrected chi connectivity index (χ0v) is 21.2. The Balaban J connectivity index is 1.28. The number of hydrogen-bond acceptors (Lipinski definition) is 7. The zero-order chi connectivity index (χ0) is 25.6. The van der Waals surface area contributed by atoms with Gasteiger partial charge in [0.05, 0.1) is 35.0 Å². The molecule has 0 saturated carbocycles. The summed E-state index contributed by atoms with van der Waals surface area (Å²) in [4.78, 5) is 11.3. The lowest BCUT2D eigenvalue weighted by Gasteiger charge is -2.28. The van der Waals surface area contributed by atoms with Crippen LogP contribution in [0, 0.1) is 17.2 Å². The molecular formula is C29H31N7O. The monoisotopic (exact) mass is 493 g/mol. The van der Waals surface area contributed by atoms with Gasteiger partial charge in [0.15, 0.2) is 5.82 Å². The second-order valence-electron chi connectivity index (χ2n) is 10.7. The zero-order valence-electron chi connectivity index (χ0n) is 21.2. The van der Waals surface area contributed by atoms with Crippen LogP contribution in [0.2, 0.25) is 0 Å². The topological polar surface area (TPSA) is 103 Å². The minimum Gasteiger partial charge on any atom is -0.390 e. The molecule has 8 nitrogen and oxygen atoms in total. The Morgan fingerprint density at radius 3 is 2.78 bits per heavy atom. The van der Waals surface area contributed by atoms with Gasteiger partial charge in [-0.3, -0.25) is 0 Å². The number of nitrogens with zero attached hydrogens (tertiary/aromatic N) is 6. The van der Waals surface area contributed by atoms with Crippen molar-refractivity contribution in [3.05, 3.63) is 71.7 Å². The van der Waals surface area contributed by atoms with Gasteiger partial charge in [-0.15, -0.1) is 0 Å². The molecule has 2 aromatic heterocycles. The lowest BCUT2D eigenvalue weighted by Crippen LogP contribution is -2.33. The Morgan fingerprint density at radius 2 is 1.97 bits per heavy atom. The lowest BCUT2D eigenvalue weighted by atomic mass is 9.85. The van der Waals surface area contributed by atoms with Gasteiger partial charge in [0, 0.05) is 36.1 Å². The van der Waals surface area contributed by atoms with Crippen LogP contribution in [0.1, 0.15) is 55.8 Å². The van der Waals surface area contributed by atoms with Crippen LogP contribution < -0.4 is 10.2 Å². The fourth-order valence-electron chi connectivity index (χ4n) is 5.77. The fraction of sp³-hybridized carbons (Fsp3) is 0.379. The maximum Gasteiger partial charge on any atom is 0.159 e. The van der Waals surface area contributed by atoms with Crippen LogP contribution in [-0.4, -0.2) is 43.5 Å². The second-order valence-corrected chi connectivity index (χ2v) is 10.7. The first-order valence-corrected chi connectivity index (χ1v) is 13.0. The molecule has 1 aliphatic heterocycles. The van der Waals surface area contributed by atoms with Gasteiger partial charge in [-0.1, -0.05) is 12.1 Å². The van der Waals surface area contributed by atoms with Crippen molar-refractivity contribution >= 4 is 22.4 Å².